The molecule has 0 unspecified atom stereocenters. The van der Waals surface area contributed by atoms with E-state index in [1.54, 1.807) is 6.20 Å². The molecule has 6 heteroatoms. The van der Waals surface area contributed by atoms with Crippen molar-refractivity contribution in [2.24, 2.45) is 5.73 Å². The Morgan fingerprint density at radius 1 is 1.22 bits per heavy atom. The van der Waals surface area contributed by atoms with Crippen LogP contribution in [-0.4, -0.2) is 15.3 Å². The van der Waals surface area contributed by atoms with Crippen LogP contribution in [0.2, 0.25) is 0 Å². The first-order valence-corrected chi connectivity index (χ1v) is 6.24. The number of nitrogens with two attached hydrogens (primary N) is 1. The van der Waals surface area contributed by atoms with Crippen LogP contribution < -0.4 is 5.73 Å². The monoisotopic (exact) mass is 248 g/mol. The van der Waals surface area contributed by atoms with Crippen LogP contribution >= 0.6 is 0 Å². The van der Waals surface area contributed by atoms with Gasteiger partial charge in [0.1, 0.15) is 11.3 Å². The molecule has 0 radical (unpaired) electrons. The lowest BCUT2D eigenvalue weighted by atomic mass is 9.82. The predicted octanol–water partition coefficient (Wildman–Crippen LogP) is 2.15. The van der Waals surface area contributed by atoms with E-state index in [1.807, 2.05) is 6.92 Å². The van der Waals surface area contributed by atoms with Gasteiger partial charge in [0.25, 0.3) is 5.89 Å². The summed E-state index contributed by atoms with van der Waals surface area (Å²) in [5, 5.41) is 7.73. The highest BCUT2D eigenvalue weighted by atomic mass is 16.5. The summed E-state index contributed by atoms with van der Waals surface area (Å²) in [4.78, 5) is 4.41. The van der Waals surface area contributed by atoms with Crippen LogP contribution in [-0.2, 0) is 5.54 Å². The van der Waals surface area contributed by atoms with E-state index in [0.29, 0.717) is 17.5 Å². The molecule has 2 aromatic rings. The molecule has 0 spiro atoms. The summed E-state index contributed by atoms with van der Waals surface area (Å²) in [6.07, 6.45) is 6.87. The Hall–Kier alpha value is -1.69. The van der Waals surface area contributed by atoms with Crippen molar-refractivity contribution in [3.63, 3.8) is 0 Å². The normalized spacial score (nSPS) is 19.0. The van der Waals surface area contributed by atoms with E-state index in [0.717, 1.165) is 31.2 Å². The number of aromatic nitrogens is 3. The second-order valence-electron chi connectivity index (χ2n) is 4.94. The first-order chi connectivity index (χ1) is 8.69. The topological polar surface area (TPSA) is 91.0 Å². The first kappa shape index (κ1) is 11.4. The van der Waals surface area contributed by atoms with Crippen molar-refractivity contribution in [3.05, 3.63) is 17.8 Å². The maximum Gasteiger partial charge on any atom is 0.263 e. The van der Waals surface area contributed by atoms with Crippen LogP contribution in [0.25, 0.3) is 11.5 Å². The second-order valence-corrected chi connectivity index (χ2v) is 4.94. The van der Waals surface area contributed by atoms with Crippen molar-refractivity contribution in [1.29, 1.82) is 0 Å². The van der Waals surface area contributed by atoms with Gasteiger partial charge in [-0.3, -0.25) is 0 Å². The zero-order valence-electron chi connectivity index (χ0n) is 10.3. The van der Waals surface area contributed by atoms with Gasteiger partial charge in [0, 0.05) is 0 Å². The van der Waals surface area contributed by atoms with Gasteiger partial charge in [0.05, 0.1) is 11.7 Å². The third-order valence-corrected chi connectivity index (χ3v) is 3.60. The molecule has 1 aliphatic rings. The second kappa shape index (κ2) is 4.20. The van der Waals surface area contributed by atoms with Gasteiger partial charge >= 0.3 is 0 Å². The minimum absolute atomic E-state index is 0.430. The van der Waals surface area contributed by atoms with E-state index in [9.17, 15) is 0 Å². The average Bonchev–Trinajstić information content (AvgIpc) is 2.98. The zero-order chi connectivity index (χ0) is 12.6. The fourth-order valence-electron chi connectivity index (χ4n) is 2.45. The van der Waals surface area contributed by atoms with Gasteiger partial charge in [-0.05, 0) is 19.8 Å². The van der Waals surface area contributed by atoms with Crippen molar-refractivity contribution in [2.75, 3.05) is 0 Å². The summed E-state index contributed by atoms with van der Waals surface area (Å²) in [6.45, 7) is 1.81. The van der Waals surface area contributed by atoms with Gasteiger partial charge in [-0.2, -0.15) is 4.98 Å². The Morgan fingerprint density at radius 2 is 2.00 bits per heavy atom. The summed E-state index contributed by atoms with van der Waals surface area (Å²) in [5.74, 6) is 1.69. The van der Waals surface area contributed by atoms with Gasteiger partial charge in [0.2, 0.25) is 0 Å². The number of hydrogen-bond acceptors (Lipinski definition) is 6. The van der Waals surface area contributed by atoms with E-state index in [4.69, 9.17) is 14.8 Å². The van der Waals surface area contributed by atoms with E-state index < -0.39 is 5.54 Å². The fraction of sp³-hybridized carbons (Fsp3) is 0.583. The lowest BCUT2D eigenvalue weighted by Crippen LogP contribution is -2.39. The first-order valence-electron chi connectivity index (χ1n) is 6.24. The molecule has 1 fully saturated rings. The molecule has 0 atom stereocenters. The van der Waals surface area contributed by atoms with Crippen LogP contribution in [0, 0.1) is 6.92 Å². The standard InChI is InChI=1S/C12H16N4O2/c1-8-9(7-14-17-8)10-15-11(16-18-10)12(13)5-3-2-4-6-12/h7H,2-6,13H2,1H3. The van der Waals surface area contributed by atoms with Gasteiger partial charge in [-0.1, -0.05) is 29.6 Å². The third-order valence-electron chi connectivity index (χ3n) is 3.60. The highest BCUT2D eigenvalue weighted by Gasteiger charge is 2.34. The Labute approximate surface area is 105 Å². The zero-order valence-corrected chi connectivity index (χ0v) is 10.3. The van der Waals surface area contributed by atoms with Crippen molar-refractivity contribution < 1.29 is 9.05 Å². The van der Waals surface area contributed by atoms with Crippen molar-refractivity contribution in [2.45, 2.75) is 44.6 Å². The Morgan fingerprint density at radius 3 is 2.67 bits per heavy atom. The molecular formula is C12H16N4O2. The molecule has 18 heavy (non-hydrogen) atoms. The molecule has 2 heterocycles. The van der Waals surface area contributed by atoms with Gasteiger partial charge in [-0.15, -0.1) is 0 Å². The van der Waals surface area contributed by atoms with E-state index in [2.05, 4.69) is 15.3 Å². The molecule has 3 rings (SSSR count). The highest BCUT2D eigenvalue weighted by Crippen LogP contribution is 2.34. The Bertz CT molecular complexity index is 540. The SMILES string of the molecule is Cc1oncc1-c1nc(C2(N)CCCCC2)no1. The number of nitrogens with zero attached hydrogens (tertiary/aromatic N) is 3. The van der Waals surface area contributed by atoms with Gasteiger partial charge in [-0.25, -0.2) is 0 Å². The molecule has 2 aromatic heterocycles. The summed E-state index contributed by atoms with van der Waals surface area (Å²) >= 11 is 0. The molecule has 6 nitrogen and oxygen atoms in total. The molecule has 2 N–H and O–H groups in total. The van der Waals surface area contributed by atoms with Gasteiger partial charge in [0.15, 0.2) is 5.82 Å². The average molecular weight is 248 g/mol. The third kappa shape index (κ3) is 1.82. The highest BCUT2D eigenvalue weighted by molar-refractivity contribution is 5.53. The van der Waals surface area contributed by atoms with Gasteiger partial charge < -0.3 is 14.8 Å². The van der Waals surface area contributed by atoms with Crippen molar-refractivity contribution in [1.82, 2.24) is 15.3 Å². The molecule has 1 saturated carbocycles. The lowest BCUT2D eigenvalue weighted by molar-refractivity contribution is 0.275. The fourth-order valence-corrected chi connectivity index (χ4v) is 2.45. The van der Waals surface area contributed by atoms with E-state index in [1.165, 1.54) is 6.42 Å². The number of rotatable bonds is 2. The maximum atomic E-state index is 6.36. The number of aryl methyl sites for hydroxylation is 1. The molecule has 96 valence electrons. The quantitative estimate of drug-likeness (QED) is 0.875. The molecular weight excluding hydrogens is 232 g/mol. The smallest absolute Gasteiger partial charge is 0.263 e. The summed E-state index contributed by atoms with van der Waals surface area (Å²) < 4.78 is 10.3. The summed E-state index contributed by atoms with van der Waals surface area (Å²) in [6, 6.07) is 0. The predicted molar refractivity (Wildman–Crippen MR) is 63.5 cm³/mol. The summed E-state index contributed by atoms with van der Waals surface area (Å²) in [7, 11) is 0. The molecule has 1 aliphatic carbocycles. The maximum absolute atomic E-state index is 6.36. The van der Waals surface area contributed by atoms with Crippen molar-refractivity contribution in [3.8, 4) is 11.5 Å². The van der Waals surface area contributed by atoms with E-state index in [-0.39, 0.29) is 0 Å². The molecule has 0 aromatic carbocycles. The van der Waals surface area contributed by atoms with Crippen LogP contribution in [0.4, 0.5) is 0 Å². The molecule has 0 aliphatic heterocycles. The molecule has 0 amide bonds. The Balaban J connectivity index is 1.92. The number of hydrogen-bond donors (Lipinski definition) is 1. The molecule has 0 bridgehead atoms. The minimum Gasteiger partial charge on any atom is -0.361 e. The van der Waals surface area contributed by atoms with Crippen LogP contribution in [0.15, 0.2) is 15.2 Å². The minimum atomic E-state index is -0.439. The largest absolute Gasteiger partial charge is 0.361 e. The summed E-state index contributed by atoms with van der Waals surface area (Å²) in [5.41, 5.74) is 6.65. The molecule has 0 saturated heterocycles. The van der Waals surface area contributed by atoms with E-state index >= 15 is 0 Å². The van der Waals surface area contributed by atoms with Crippen LogP contribution in [0.5, 0.6) is 0 Å². The van der Waals surface area contributed by atoms with Crippen LogP contribution in [0.3, 0.4) is 0 Å². The Kier molecular flexibility index (Phi) is 2.66. The van der Waals surface area contributed by atoms with Crippen LogP contribution in [0.1, 0.15) is 43.7 Å². The lowest BCUT2D eigenvalue weighted by Gasteiger charge is -2.29. The van der Waals surface area contributed by atoms with Crippen molar-refractivity contribution >= 4 is 0 Å².